The molecule has 1 aliphatic heterocycles. The van der Waals surface area contributed by atoms with Crippen molar-refractivity contribution >= 4 is 16.9 Å². The molecule has 1 atom stereocenters. The summed E-state index contributed by atoms with van der Waals surface area (Å²) in [6, 6.07) is 0.605. The van der Waals surface area contributed by atoms with Crippen molar-refractivity contribution in [2.45, 2.75) is 64.0 Å². The van der Waals surface area contributed by atoms with E-state index >= 15 is 0 Å². The van der Waals surface area contributed by atoms with Gasteiger partial charge in [-0.25, -0.2) is 0 Å². The third-order valence-corrected chi connectivity index (χ3v) is 4.85. The van der Waals surface area contributed by atoms with Crippen LogP contribution in [-0.4, -0.2) is 22.5 Å². The van der Waals surface area contributed by atoms with Crippen molar-refractivity contribution in [2.75, 3.05) is 5.75 Å². The lowest BCUT2D eigenvalue weighted by molar-refractivity contribution is 0.436. The summed E-state index contributed by atoms with van der Waals surface area (Å²) in [6.45, 7) is 4.54. The van der Waals surface area contributed by atoms with Crippen molar-refractivity contribution in [3.63, 3.8) is 0 Å². The summed E-state index contributed by atoms with van der Waals surface area (Å²) in [6.07, 6.45) is 7.94. The first-order valence-corrected chi connectivity index (χ1v) is 7.19. The molecular weight excluding hydrogens is 204 g/mol. The smallest absolute Gasteiger partial charge is 0.157 e. The fourth-order valence-electron chi connectivity index (χ4n) is 2.19. The lowest BCUT2D eigenvalue weighted by atomic mass is 9.96. The molecule has 86 valence electrons. The van der Waals surface area contributed by atoms with Gasteiger partial charge in [-0.05, 0) is 26.2 Å². The van der Waals surface area contributed by atoms with E-state index in [0.717, 1.165) is 0 Å². The van der Waals surface area contributed by atoms with Crippen LogP contribution in [0.3, 0.4) is 0 Å². The maximum absolute atomic E-state index is 4.85. The third kappa shape index (κ3) is 2.90. The quantitative estimate of drug-likeness (QED) is 0.782. The summed E-state index contributed by atoms with van der Waals surface area (Å²) < 4.78 is 0. The predicted molar refractivity (Wildman–Crippen MR) is 68.6 cm³/mol. The van der Waals surface area contributed by atoms with Gasteiger partial charge in [0.25, 0.3) is 0 Å². The second-order valence-corrected chi connectivity index (χ2v) is 6.02. The second kappa shape index (κ2) is 4.77. The summed E-state index contributed by atoms with van der Waals surface area (Å²) in [5.74, 6) is 1.18. The van der Waals surface area contributed by atoms with E-state index in [1.807, 2.05) is 11.8 Å². The van der Waals surface area contributed by atoms with Crippen molar-refractivity contribution in [1.29, 1.82) is 0 Å². The number of thioether (sulfide) groups is 1. The van der Waals surface area contributed by atoms with Gasteiger partial charge in [0.05, 0.1) is 6.04 Å². The highest BCUT2D eigenvalue weighted by Gasteiger charge is 2.31. The number of nitrogens with one attached hydrogen (secondary N) is 1. The standard InChI is InChI=1S/C12H22N2S/c1-3-12(2)9-15-11(14-12)13-10-7-5-4-6-8-10/h10H,3-9H2,1-2H3,(H,13,14). The van der Waals surface area contributed by atoms with E-state index < -0.39 is 0 Å². The van der Waals surface area contributed by atoms with Gasteiger partial charge in [0.2, 0.25) is 0 Å². The molecule has 0 spiro atoms. The monoisotopic (exact) mass is 226 g/mol. The van der Waals surface area contributed by atoms with Crippen LogP contribution in [0.25, 0.3) is 0 Å². The van der Waals surface area contributed by atoms with E-state index in [1.165, 1.54) is 49.4 Å². The Morgan fingerprint density at radius 2 is 2.13 bits per heavy atom. The molecule has 1 unspecified atom stereocenters. The summed E-state index contributed by atoms with van der Waals surface area (Å²) in [7, 11) is 0. The largest absolute Gasteiger partial charge is 0.359 e. The summed E-state index contributed by atoms with van der Waals surface area (Å²) in [5.41, 5.74) is 0.290. The second-order valence-electron chi connectivity index (χ2n) is 5.05. The zero-order chi connectivity index (χ0) is 10.7. The molecule has 0 aromatic heterocycles. The Labute approximate surface area is 97.3 Å². The predicted octanol–water partition coefficient (Wildman–Crippen LogP) is 3.18. The third-order valence-electron chi connectivity index (χ3n) is 3.59. The molecule has 1 aliphatic carbocycles. The van der Waals surface area contributed by atoms with Crippen molar-refractivity contribution in [3.8, 4) is 0 Å². The minimum atomic E-state index is 0.290. The summed E-state index contributed by atoms with van der Waals surface area (Å²) in [4.78, 5) is 4.85. The first kappa shape index (κ1) is 11.3. The number of nitrogens with zero attached hydrogens (tertiary/aromatic N) is 1. The Hall–Kier alpha value is -0.180. The molecule has 0 bridgehead atoms. The average molecular weight is 226 g/mol. The molecule has 2 nitrogen and oxygen atoms in total. The van der Waals surface area contributed by atoms with Crippen LogP contribution in [0.1, 0.15) is 52.4 Å². The van der Waals surface area contributed by atoms with E-state index in [1.54, 1.807) is 0 Å². The number of rotatable bonds is 2. The van der Waals surface area contributed by atoms with Crippen molar-refractivity contribution in [2.24, 2.45) is 4.99 Å². The van der Waals surface area contributed by atoms with Crippen LogP contribution >= 0.6 is 11.8 Å². The highest BCUT2D eigenvalue weighted by molar-refractivity contribution is 8.14. The maximum atomic E-state index is 4.85. The van der Waals surface area contributed by atoms with E-state index in [-0.39, 0.29) is 5.54 Å². The van der Waals surface area contributed by atoms with Crippen LogP contribution in [0, 0.1) is 0 Å². The molecule has 2 rings (SSSR count). The number of amidine groups is 1. The molecule has 1 saturated carbocycles. The van der Waals surface area contributed by atoms with Crippen molar-refractivity contribution < 1.29 is 0 Å². The van der Waals surface area contributed by atoms with Crippen LogP contribution in [0.4, 0.5) is 0 Å². The van der Waals surface area contributed by atoms with Gasteiger partial charge in [-0.3, -0.25) is 4.99 Å². The van der Waals surface area contributed by atoms with Gasteiger partial charge >= 0.3 is 0 Å². The Balaban J connectivity index is 1.91. The number of hydrogen-bond donors (Lipinski definition) is 1. The highest BCUT2D eigenvalue weighted by atomic mass is 32.2. The topological polar surface area (TPSA) is 24.4 Å². The molecular formula is C12H22N2S. The fourth-order valence-corrected chi connectivity index (χ4v) is 3.47. The van der Waals surface area contributed by atoms with Crippen LogP contribution in [0.2, 0.25) is 0 Å². The van der Waals surface area contributed by atoms with Crippen molar-refractivity contribution in [3.05, 3.63) is 0 Å². The van der Waals surface area contributed by atoms with Crippen LogP contribution in [0.15, 0.2) is 4.99 Å². The molecule has 15 heavy (non-hydrogen) atoms. The molecule has 1 heterocycles. The van der Waals surface area contributed by atoms with Gasteiger partial charge in [-0.1, -0.05) is 37.9 Å². The summed E-state index contributed by atoms with van der Waals surface area (Å²) >= 11 is 1.91. The van der Waals surface area contributed by atoms with E-state index in [4.69, 9.17) is 4.99 Å². The Morgan fingerprint density at radius 3 is 2.73 bits per heavy atom. The molecule has 3 heteroatoms. The SMILES string of the molecule is CCC1(C)CSC(=NC2CCCCC2)N1. The lowest BCUT2D eigenvalue weighted by Crippen LogP contribution is -2.40. The number of aliphatic imine (C=N–C) groups is 1. The van der Waals surface area contributed by atoms with Gasteiger partial charge < -0.3 is 5.32 Å². The highest BCUT2D eigenvalue weighted by Crippen LogP contribution is 2.28. The number of hydrogen-bond acceptors (Lipinski definition) is 2. The van der Waals surface area contributed by atoms with Gasteiger partial charge in [0.1, 0.15) is 0 Å². The average Bonchev–Trinajstić information content (AvgIpc) is 2.63. The summed E-state index contributed by atoms with van der Waals surface area (Å²) in [5, 5.41) is 4.78. The molecule has 0 amide bonds. The van der Waals surface area contributed by atoms with Crippen LogP contribution < -0.4 is 5.32 Å². The molecule has 2 fully saturated rings. The molecule has 1 N–H and O–H groups in total. The fraction of sp³-hybridized carbons (Fsp3) is 0.917. The maximum Gasteiger partial charge on any atom is 0.157 e. The molecule has 0 aromatic rings. The van der Waals surface area contributed by atoms with Crippen LogP contribution in [-0.2, 0) is 0 Å². The van der Waals surface area contributed by atoms with Gasteiger partial charge in [-0.15, -0.1) is 0 Å². The van der Waals surface area contributed by atoms with Crippen LogP contribution in [0.5, 0.6) is 0 Å². The van der Waals surface area contributed by atoms with Gasteiger partial charge in [-0.2, -0.15) is 0 Å². The zero-order valence-corrected chi connectivity index (χ0v) is 10.7. The first-order valence-electron chi connectivity index (χ1n) is 6.21. The lowest BCUT2D eigenvalue weighted by Gasteiger charge is -2.22. The van der Waals surface area contributed by atoms with Gasteiger partial charge in [0.15, 0.2) is 5.17 Å². The van der Waals surface area contributed by atoms with E-state index in [2.05, 4.69) is 19.2 Å². The minimum Gasteiger partial charge on any atom is -0.359 e. The van der Waals surface area contributed by atoms with Crippen molar-refractivity contribution in [1.82, 2.24) is 5.32 Å². The van der Waals surface area contributed by atoms with E-state index in [0.29, 0.717) is 6.04 Å². The molecule has 2 aliphatic rings. The van der Waals surface area contributed by atoms with E-state index in [9.17, 15) is 0 Å². The minimum absolute atomic E-state index is 0.290. The van der Waals surface area contributed by atoms with Gasteiger partial charge in [0, 0.05) is 11.3 Å². The normalized spacial score (nSPS) is 35.7. The Kier molecular flexibility index (Phi) is 3.60. The Bertz CT molecular complexity index is 246. The Morgan fingerprint density at radius 1 is 1.40 bits per heavy atom. The zero-order valence-electron chi connectivity index (χ0n) is 9.88. The molecule has 0 aromatic carbocycles. The first-order chi connectivity index (χ1) is 7.22. The molecule has 1 saturated heterocycles. The molecule has 0 radical (unpaired) electrons.